The predicted octanol–water partition coefficient (Wildman–Crippen LogP) is 5.71. The highest BCUT2D eigenvalue weighted by atomic mass is 16.6. The summed E-state index contributed by atoms with van der Waals surface area (Å²) in [5.41, 5.74) is 4.80. The van der Waals surface area contributed by atoms with Gasteiger partial charge in [-0.25, -0.2) is 4.79 Å². The van der Waals surface area contributed by atoms with Crippen molar-refractivity contribution in [3.05, 3.63) is 59.7 Å². The van der Waals surface area contributed by atoms with Gasteiger partial charge in [0, 0.05) is 19.5 Å². The van der Waals surface area contributed by atoms with Gasteiger partial charge in [-0.1, -0.05) is 75.2 Å². The van der Waals surface area contributed by atoms with Gasteiger partial charge in [0.05, 0.1) is 72.0 Å². The summed E-state index contributed by atoms with van der Waals surface area (Å²) in [6.07, 6.45) is 3.45. The summed E-state index contributed by atoms with van der Waals surface area (Å²) in [6, 6.07) is 16.6. The number of carbonyl (C=O) groups excluding carboxylic acids is 2. The molecule has 0 radical (unpaired) electrons. The van der Waals surface area contributed by atoms with Crippen LogP contribution in [0.4, 0.5) is 4.79 Å². The largest absolute Gasteiger partial charge is 0.463 e. The van der Waals surface area contributed by atoms with Crippen LogP contribution in [0.1, 0.15) is 56.6 Å². The molecule has 0 saturated heterocycles. The molecule has 2 aromatic carbocycles. The van der Waals surface area contributed by atoms with Crippen LogP contribution < -0.4 is 0 Å². The normalized spacial score (nSPS) is 12.8. The maximum atomic E-state index is 12.6. The molecule has 0 bridgehead atoms. The number of amides is 1. The molecule has 1 atom stereocenters. The SMILES string of the molecule is CCCCC(CC)C(=O)OCCOCCOCCOCCOCCOCCN(C)C(=O)OCC1c2ccccc2-c2ccccc21. The van der Waals surface area contributed by atoms with Crippen LogP contribution in [0, 0.1) is 5.92 Å². The molecular weight excluding hydrogens is 590 g/mol. The summed E-state index contributed by atoms with van der Waals surface area (Å²) in [6.45, 7) is 9.52. The fourth-order valence-electron chi connectivity index (χ4n) is 5.24. The van der Waals surface area contributed by atoms with Crippen molar-refractivity contribution in [3.63, 3.8) is 0 Å². The number of unbranched alkanes of at least 4 members (excludes halogenated alkanes) is 1. The summed E-state index contributed by atoms with van der Waals surface area (Å²) < 4.78 is 38.6. The van der Waals surface area contributed by atoms with E-state index in [2.05, 4.69) is 31.2 Å². The van der Waals surface area contributed by atoms with Crippen molar-refractivity contribution in [2.45, 2.75) is 45.4 Å². The first kappa shape index (κ1) is 37.4. The van der Waals surface area contributed by atoms with E-state index in [1.165, 1.54) is 27.2 Å². The quantitative estimate of drug-likeness (QED) is 0.0995. The molecule has 0 N–H and O–H groups in total. The number of hydrogen-bond donors (Lipinski definition) is 0. The second-order valence-corrected chi connectivity index (χ2v) is 11.2. The molecule has 0 fully saturated rings. The third kappa shape index (κ3) is 13.0. The molecule has 0 aromatic heterocycles. The van der Waals surface area contributed by atoms with E-state index in [9.17, 15) is 9.59 Å². The van der Waals surface area contributed by atoms with E-state index >= 15 is 0 Å². The topological polar surface area (TPSA) is 102 Å². The van der Waals surface area contributed by atoms with Crippen molar-refractivity contribution in [2.75, 3.05) is 92.9 Å². The van der Waals surface area contributed by atoms with Crippen molar-refractivity contribution in [2.24, 2.45) is 5.92 Å². The van der Waals surface area contributed by atoms with Gasteiger partial charge in [0.15, 0.2) is 0 Å². The number of ether oxygens (including phenoxy) is 7. The number of benzene rings is 2. The number of likely N-dealkylation sites (N-methyl/N-ethyl adjacent to an activating group) is 1. The van der Waals surface area contributed by atoms with Gasteiger partial charge in [0.25, 0.3) is 0 Å². The second kappa shape index (κ2) is 22.5. The maximum absolute atomic E-state index is 12.6. The van der Waals surface area contributed by atoms with Crippen LogP contribution in [0.15, 0.2) is 48.5 Å². The van der Waals surface area contributed by atoms with Crippen LogP contribution in [0.2, 0.25) is 0 Å². The highest BCUT2D eigenvalue weighted by Crippen LogP contribution is 2.44. The standard InChI is InChI=1S/C36H53NO9/c1-4-6-11-29(5-2)35(38)45-27-26-44-25-24-43-23-22-42-21-20-41-19-18-40-17-16-37(3)36(39)46-28-34-32-14-9-7-12-30(32)31-13-8-10-15-33(31)34/h7-10,12-15,29,34H,4-6,11,16-28H2,1-3H3. The third-order valence-corrected chi connectivity index (χ3v) is 7.91. The van der Waals surface area contributed by atoms with E-state index in [4.69, 9.17) is 33.2 Å². The number of nitrogens with zero attached hydrogens (tertiary/aromatic N) is 1. The molecule has 0 saturated carbocycles. The smallest absolute Gasteiger partial charge is 0.409 e. The van der Waals surface area contributed by atoms with Crippen LogP contribution >= 0.6 is 0 Å². The first-order valence-corrected chi connectivity index (χ1v) is 16.7. The molecule has 0 heterocycles. The van der Waals surface area contributed by atoms with Crippen LogP contribution in [-0.4, -0.2) is 110 Å². The van der Waals surface area contributed by atoms with Gasteiger partial charge in [0.2, 0.25) is 0 Å². The molecule has 10 nitrogen and oxygen atoms in total. The van der Waals surface area contributed by atoms with E-state index in [-0.39, 0.29) is 30.5 Å². The lowest BCUT2D eigenvalue weighted by molar-refractivity contribution is -0.150. The molecule has 1 aliphatic rings. The zero-order valence-electron chi connectivity index (χ0n) is 27.9. The number of hydrogen-bond acceptors (Lipinski definition) is 9. The lowest BCUT2D eigenvalue weighted by Gasteiger charge is -2.19. The molecule has 1 unspecified atom stereocenters. The van der Waals surface area contributed by atoms with Gasteiger partial charge < -0.3 is 38.1 Å². The molecule has 3 rings (SSSR count). The van der Waals surface area contributed by atoms with E-state index in [0.717, 1.165) is 25.7 Å². The minimum Gasteiger partial charge on any atom is -0.463 e. The Morgan fingerprint density at radius 1 is 0.674 bits per heavy atom. The molecule has 0 aliphatic heterocycles. The van der Waals surface area contributed by atoms with Crippen LogP contribution in [0.25, 0.3) is 11.1 Å². The Balaban J connectivity index is 1.08. The predicted molar refractivity (Wildman–Crippen MR) is 176 cm³/mol. The van der Waals surface area contributed by atoms with E-state index < -0.39 is 0 Å². The minimum atomic E-state index is -0.365. The van der Waals surface area contributed by atoms with Crippen molar-refractivity contribution < 1.29 is 42.7 Å². The van der Waals surface area contributed by atoms with Gasteiger partial charge in [-0.2, -0.15) is 0 Å². The minimum absolute atomic E-state index is 0.00914. The van der Waals surface area contributed by atoms with Gasteiger partial charge in [-0.05, 0) is 35.1 Å². The van der Waals surface area contributed by atoms with Gasteiger partial charge >= 0.3 is 12.1 Å². The summed E-state index contributed by atoms with van der Waals surface area (Å²) >= 11 is 0. The monoisotopic (exact) mass is 643 g/mol. The molecule has 1 aliphatic carbocycles. The Morgan fingerprint density at radius 3 is 1.65 bits per heavy atom. The van der Waals surface area contributed by atoms with Crippen LogP contribution in [0.3, 0.4) is 0 Å². The van der Waals surface area contributed by atoms with Gasteiger partial charge in [0.1, 0.15) is 13.2 Å². The third-order valence-electron chi connectivity index (χ3n) is 7.91. The second-order valence-electron chi connectivity index (χ2n) is 11.2. The average Bonchev–Trinajstić information content (AvgIpc) is 3.40. The Morgan fingerprint density at radius 2 is 1.15 bits per heavy atom. The summed E-state index contributed by atoms with van der Waals surface area (Å²) in [7, 11) is 1.71. The van der Waals surface area contributed by atoms with Gasteiger partial charge in [-0.15, -0.1) is 0 Å². The molecular formula is C36H53NO9. The maximum Gasteiger partial charge on any atom is 0.409 e. The van der Waals surface area contributed by atoms with Crippen LogP contribution in [-0.2, 0) is 38.0 Å². The van der Waals surface area contributed by atoms with Crippen molar-refractivity contribution in [3.8, 4) is 11.1 Å². The zero-order valence-corrected chi connectivity index (χ0v) is 27.9. The first-order chi connectivity index (χ1) is 22.6. The highest BCUT2D eigenvalue weighted by molar-refractivity contribution is 5.79. The number of fused-ring (bicyclic) bond motifs is 3. The lowest BCUT2D eigenvalue weighted by Crippen LogP contribution is -2.32. The molecule has 1 amide bonds. The Kier molecular flexibility index (Phi) is 18.3. The number of carbonyl (C=O) groups is 2. The van der Waals surface area contributed by atoms with Crippen molar-refractivity contribution >= 4 is 12.1 Å². The van der Waals surface area contributed by atoms with E-state index in [0.29, 0.717) is 79.2 Å². The van der Waals surface area contributed by atoms with Crippen molar-refractivity contribution in [1.29, 1.82) is 0 Å². The molecule has 256 valence electrons. The summed E-state index contributed by atoms with van der Waals surface area (Å²) in [4.78, 5) is 26.1. The molecule has 0 spiro atoms. The number of esters is 1. The Hall–Kier alpha value is -3.02. The Bertz CT molecular complexity index is 1100. The molecule has 2 aromatic rings. The van der Waals surface area contributed by atoms with E-state index in [1.807, 2.05) is 31.2 Å². The lowest BCUT2D eigenvalue weighted by atomic mass is 9.98. The fraction of sp³-hybridized carbons (Fsp3) is 0.611. The highest BCUT2D eigenvalue weighted by Gasteiger charge is 2.29. The summed E-state index contributed by atoms with van der Waals surface area (Å²) in [5.74, 6) is -0.0933. The zero-order chi connectivity index (χ0) is 32.8. The molecule has 10 heteroatoms. The number of rotatable bonds is 25. The summed E-state index contributed by atoms with van der Waals surface area (Å²) in [5, 5.41) is 0. The molecule has 46 heavy (non-hydrogen) atoms. The van der Waals surface area contributed by atoms with Crippen molar-refractivity contribution in [1.82, 2.24) is 4.90 Å². The Labute approximate surface area is 274 Å². The fourth-order valence-corrected chi connectivity index (χ4v) is 5.24. The average molecular weight is 644 g/mol. The van der Waals surface area contributed by atoms with Crippen LogP contribution in [0.5, 0.6) is 0 Å². The van der Waals surface area contributed by atoms with E-state index in [1.54, 1.807) is 7.05 Å². The van der Waals surface area contributed by atoms with Gasteiger partial charge in [-0.3, -0.25) is 4.79 Å². The first-order valence-electron chi connectivity index (χ1n) is 16.7.